The molecule has 0 fully saturated rings. The summed E-state index contributed by atoms with van der Waals surface area (Å²) in [6, 6.07) is 26.0. The number of hydrogen-bond acceptors (Lipinski definition) is 7. The van der Waals surface area contributed by atoms with Crippen LogP contribution < -0.4 is 14.2 Å². The zero-order valence-corrected chi connectivity index (χ0v) is 27.6. The lowest BCUT2D eigenvalue weighted by molar-refractivity contribution is -0.109. The second kappa shape index (κ2) is 17.0. The van der Waals surface area contributed by atoms with Crippen LogP contribution in [0.15, 0.2) is 91.3 Å². The molecule has 1 aromatic heterocycles. The molecule has 238 valence electrons. The lowest BCUT2D eigenvalue weighted by Crippen LogP contribution is -2.03. The maximum Gasteiger partial charge on any atom is 0.157 e. The van der Waals surface area contributed by atoms with Gasteiger partial charge in [0.15, 0.2) is 12.6 Å². The number of aromatic nitrogens is 1. The molecule has 0 N–H and O–H groups in total. The van der Waals surface area contributed by atoms with E-state index in [-0.39, 0.29) is 30.4 Å². The second-order valence-electron chi connectivity index (χ2n) is 9.97. The third-order valence-electron chi connectivity index (χ3n) is 7.11. The fraction of sp³-hybridized carbons (Fsp3) is 0.158. The standard InChI is InChI=1S/C36H26Cl2N2O5.C2H6/c1-23-27(22-45-35-16-34(28(20-42)15-33(35)37)44-21-25-14-24(17-39)18-40-19-25)4-2-5-30(23)32-7-3-6-31(36(32)38)26-8-10-29(11-9-26)43-13-12-41;1-2/h2-12,14-16,18-20H,13,21-22H2,1H3;1-2H3. The molecule has 5 aromatic rings. The number of carbonyl (C=O) groups is 2. The number of rotatable bonds is 12. The van der Waals surface area contributed by atoms with Crippen molar-refractivity contribution in [2.24, 2.45) is 0 Å². The maximum absolute atomic E-state index is 11.7. The summed E-state index contributed by atoms with van der Waals surface area (Å²) in [5, 5.41) is 10.00. The lowest BCUT2D eigenvalue weighted by atomic mass is 9.94. The van der Waals surface area contributed by atoms with Crippen molar-refractivity contribution in [1.82, 2.24) is 4.98 Å². The molecule has 0 unspecified atom stereocenters. The minimum atomic E-state index is -0.00277. The lowest BCUT2D eigenvalue weighted by Gasteiger charge is -2.17. The predicted octanol–water partition coefficient (Wildman–Crippen LogP) is 9.48. The molecule has 0 radical (unpaired) electrons. The highest BCUT2D eigenvalue weighted by atomic mass is 35.5. The molecule has 47 heavy (non-hydrogen) atoms. The molecule has 0 spiro atoms. The van der Waals surface area contributed by atoms with E-state index in [4.69, 9.17) is 42.7 Å². The molecule has 7 nitrogen and oxygen atoms in total. The average Bonchev–Trinajstić information content (AvgIpc) is 3.11. The van der Waals surface area contributed by atoms with Crippen LogP contribution in [-0.2, 0) is 18.0 Å². The molecular formula is C38H32Cl2N2O5. The minimum Gasteiger partial charge on any atom is -0.488 e. The molecule has 0 saturated heterocycles. The molecule has 9 heteroatoms. The van der Waals surface area contributed by atoms with Crippen LogP contribution in [0.25, 0.3) is 22.3 Å². The third-order valence-corrected chi connectivity index (χ3v) is 7.81. The van der Waals surface area contributed by atoms with E-state index in [2.05, 4.69) is 4.98 Å². The Hall–Kier alpha value is -5.16. The van der Waals surface area contributed by atoms with Gasteiger partial charge in [0.2, 0.25) is 0 Å². The van der Waals surface area contributed by atoms with Crippen LogP contribution >= 0.6 is 23.2 Å². The smallest absolute Gasteiger partial charge is 0.157 e. The quantitative estimate of drug-likeness (QED) is 0.122. The molecule has 0 amide bonds. The first kappa shape index (κ1) is 34.7. The van der Waals surface area contributed by atoms with E-state index >= 15 is 0 Å². The monoisotopic (exact) mass is 666 g/mol. The van der Waals surface area contributed by atoms with E-state index in [1.807, 2.05) is 75.4 Å². The van der Waals surface area contributed by atoms with E-state index in [0.717, 1.165) is 33.4 Å². The predicted molar refractivity (Wildman–Crippen MR) is 184 cm³/mol. The Balaban J connectivity index is 0.00000245. The maximum atomic E-state index is 11.7. The van der Waals surface area contributed by atoms with Gasteiger partial charge in [0.05, 0.1) is 21.2 Å². The SMILES string of the molecule is CC.Cc1c(COc2cc(OCc3cncc(C#N)c3)c(C=O)cc2Cl)cccc1-c1cccc(-c2ccc(OCC=O)cc2)c1Cl. The first-order valence-corrected chi connectivity index (χ1v) is 15.6. The van der Waals surface area contributed by atoms with Gasteiger partial charge < -0.3 is 14.2 Å². The fourth-order valence-corrected chi connectivity index (χ4v) is 5.34. The molecule has 0 aliphatic heterocycles. The van der Waals surface area contributed by atoms with Gasteiger partial charge in [-0.05, 0) is 53.4 Å². The van der Waals surface area contributed by atoms with Crippen LogP contribution in [0.5, 0.6) is 17.2 Å². The van der Waals surface area contributed by atoms with E-state index in [1.54, 1.807) is 30.5 Å². The molecule has 0 aliphatic carbocycles. The van der Waals surface area contributed by atoms with Crippen molar-refractivity contribution in [2.45, 2.75) is 34.0 Å². The second-order valence-corrected chi connectivity index (χ2v) is 10.8. The van der Waals surface area contributed by atoms with Crippen LogP contribution in [0.1, 0.15) is 46.5 Å². The van der Waals surface area contributed by atoms with Crippen LogP contribution in [-0.4, -0.2) is 24.2 Å². The number of carbonyl (C=O) groups excluding carboxylic acids is 2. The van der Waals surface area contributed by atoms with Crippen LogP contribution in [0.4, 0.5) is 0 Å². The van der Waals surface area contributed by atoms with Gasteiger partial charge in [0.1, 0.15) is 43.1 Å². The molecule has 0 aliphatic rings. The van der Waals surface area contributed by atoms with Gasteiger partial charge in [0, 0.05) is 35.2 Å². The summed E-state index contributed by atoms with van der Waals surface area (Å²) in [5.41, 5.74) is 6.86. The number of halogens is 2. The van der Waals surface area contributed by atoms with Crippen molar-refractivity contribution in [3.8, 4) is 45.6 Å². The van der Waals surface area contributed by atoms with Gasteiger partial charge in [0.25, 0.3) is 0 Å². The highest BCUT2D eigenvalue weighted by Gasteiger charge is 2.16. The molecular weight excluding hydrogens is 635 g/mol. The zero-order valence-electron chi connectivity index (χ0n) is 26.1. The van der Waals surface area contributed by atoms with Crippen molar-refractivity contribution >= 4 is 35.8 Å². The Labute approximate surface area is 284 Å². The van der Waals surface area contributed by atoms with Crippen LogP contribution in [0, 0.1) is 18.3 Å². The highest BCUT2D eigenvalue weighted by molar-refractivity contribution is 6.36. The average molecular weight is 668 g/mol. The summed E-state index contributed by atoms with van der Waals surface area (Å²) >= 11 is 13.4. The zero-order chi connectivity index (χ0) is 33.8. The molecule has 5 rings (SSSR count). The number of nitrogens with zero attached hydrogens (tertiary/aromatic N) is 2. The first-order chi connectivity index (χ1) is 22.9. The van der Waals surface area contributed by atoms with Gasteiger partial charge in [-0.25, -0.2) is 0 Å². The van der Waals surface area contributed by atoms with Gasteiger partial charge in [-0.15, -0.1) is 0 Å². The summed E-state index contributed by atoms with van der Waals surface area (Å²) < 4.78 is 17.4. The largest absolute Gasteiger partial charge is 0.488 e. The minimum absolute atomic E-state index is 0.00277. The highest BCUT2D eigenvalue weighted by Crippen LogP contribution is 2.39. The molecule has 1 heterocycles. The number of nitriles is 1. The van der Waals surface area contributed by atoms with Crippen molar-refractivity contribution < 1.29 is 23.8 Å². The fourth-order valence-electron chi connectivity index (χ4n) is 4.78. The molecule has 4 aromatic carbocycles. The number of pyridine rings is 1. The van der Waals surface area contributed by atoms with Gasteiger partial charge in [-0.1, -0.05) is 85.6 Å². The van der Waals surface area contributed by atoms with Gasteiger partial charge in [-0.2, -0.15) is 5.26 Å². The van der Waals surface area contributed by atoms with Crippen molar-refractivity contribution in [1.29, 1.82) is 5.26 Å². The molecule has 0 atom stereocenters. The number of ether oxygens (including phenoxy) is 3. The molecule has 0 saturated carbocycles. The number of aldehydes is 2. The summed E-state index contributed by atoms with van der Waals surface area (Å²) in [5.74, 6) is 1.25. The van der Waals surface area contributed by atoms with Crippen LogP contribution in [0.2, 0.25) is 10.0 Å². The summed E-state index contributed by atoms with van der Waals surface area (Å²) in [4.78, 5) is 26.4. The van der Waals surface area contributed by atoms with Gasteiger partial charge >= 0.3 is 0 Å². The number of benzene rings is 4. The Bertz CT molecular complexity index is 1900. The Morgan fingerprint density at radius 1 is 0.809 bits per heavy atom. The van der Waals surface area contributed by atoms with Crippen molar-refractivity contribution in [2.75, 3.05) is 6.61 Å². The first-order valence-electron chi connectivity index (χ1n) is 14.8. The Kier molecular flexibility index (Phi) is 12.5. The summed E-state index contributed by atoms with van der Waals surface area (Å²) in [6.45, 7) is 6.30. The summed E-state index contributed by atoms with van der Waals surface area (Å²) in [6.07, 6.45) is 4.42. The number of hydrogen-bond donors (Lipinski definition) is 0. The summed E-state index contributed by atoms with van der Waals surface area (Å²) in [7, 11) is 0. The van der Waals surface area contributed by atoms with E-state index in [9.17, 15) is 9.59 Å². The van der Waals surface area contributed by atoms with Crippen molar-refractivity contribution in [3.05, 3.63) is 129 Å². The van der Waals surface area contributed by atoms with E-state index < -0.39 is 0 Å². The normalized spacial score (nSPS) is 10.2. The topological polar surface area (TPSA) is 98.5 Å². The van der Waals surface area contributed by atoms with Gasteiger partial charge in [-0.3, -0.25) is 14.6 Å². The Morgan fingerprint density at radius 2 is 1.51 bits per heavy atom. The Morgan fingerprint density at radius 3 is 2.23 bits per heavy atom. The van der Waals surface area contributed by atoms with Crippen LogP contribution in [0.3, 0.4) is 0 Å². The van der Waals surface area contributed by atoms with E-state index in [0.29, 0.717) is 46.0 Å². The molecule has 0 bridgehead atoms. The van der Waals surface area contributed by atoms with E-state index in [1.165, 1.54) is 12.3 Å². The third kappa shape index (κ3) is 8.56. The van der Waals surface area contributed by atoms with Crippen molar-refractivity contribution in [3.63, 3.8) is 0 Å².